The summed E-state index contributed by atoms with van der Waals surface area (Å²) in [5.74, 6) is -1.24. The molecule has 27 heavy (non-hydrogen) atoms. The number of hydrogen-bond donors (Lipinski definition) is 1. The zero-order valence-electron chi connectivity index (χ0n) is 14.7. The molecular formula is C18H17N3O5S. The molecule has 2 rings (SSSR count). The summed E-state index contributed by atoms with van der Waals surface area (Å²) in [5.41, 5.74) is 0.707. The van der Waals surface area contributed by atoms with E-state index in [2.05, 4.69) is 10.1 Å². The van der Waals surface area contributed by atoms with Crippen LogP contribution < -0.4 is 5.32 Å². The number of methoxy groups -OCH3 is 1. The molecule has 0 spiro atoms. The van der Waals surface area contributed by atoms with Crippen LogP contribution in [0.4, 0.5) is 5.69 Å². The van der Waals surface area contributed by atoms with Gasteiger partial charge in [0, 0.05) is 7.05 Å². The molecule has 0 aromatic heterocycles. The first-order valence-electron chi connectivity index (χ1n) is 7.73. The van der Waals surface area contributed by atoms with E-state index in [1.54, 1.807) is 12.1 Å². The molecule has 2 aromatic carbocycles. The Balaban J connectivity index is 2.13. The minimum absolute atomic E-state index is 0.0354. The van der Waals surface area contributed by atoms with Crippen molar-refractivity contribution >= 4 is 27.6 Å². The van der Waals surface area contributed by atoms with E-state index < -0.39 is 28.4 Å². The van der Waals surface area contributed by atoms with Crippen molar-refractivity contribution in [1.82, 2.24) is 4.31 Å². The number of likely N-dealkylation sites (N-methyl/N-ethyl adjacent to an activating group) is 1. The SMILES string of the molecule is COC(=O)c1ccccc1NC(=O)CN(C)S(=O)(=O)c1ccc(C#N)cc1. The van der Waals surface area contributed by atoms with E-state index in [0.29, 0.717) is 5.56 Å². The Bertz CT molecular complexity index is 994. The molecule has 2 aromatic rings. The van der Waals surface area contributed by atoms with Gasteiger partial charge in [0.2, 0.25) is 15.9 Å². The van der Waals surface area contributed by atoms with E-state index in [0.717, 1.165) is 4.31 Å². The molecule has 0 radical (unpaired) electrons. The van der Waals surface area contributed by atoms with Gasteiger partial charge in [0.05, 0.1) is 41.4 Å². The number of ether oxygens (including phenoxy) is 1. The van der Waals surface area contributed by atoms with Crippen molar-refractivity contribution < 1.29 is 22.7 Å². The van der Waals surface area contributed by atoms with Crippen molar-refractivity contribution in [2.75, 3.05) is 26.0 Å². The van der Waals surface area contributed by atoms with Gasteiger partial charge in [-0.1, -0.05) is 12.1 Å². The van der Waals surface area contributed by atoms with Crippen LogP contribution in [0.3, 0.4) is 0 Å². The number of rotatable bonds is 6. The van der Waals surface area contributed by atoms with Gasteiger partial charge in [0.1, 0.15) is 0 Å². The molecule has 8 nitrogen and oxygen atoms in total. The summed E-state index contributed by atoms with van der Waals surface area (Å²) < 4.78 is 30.6. The molecule has 0 fully saturated rings. The number of nitrogens with one attached hydrogen (secondary N) is 1. The fraction of sp³-hybridized carbons (Fsp3) is 0.167. The summed E-state index contributed by atoms with van der Waals surface area (Å²) in [4.78, 5) is 23.9. The highest BCUT2D eigenvalue weighted by atomic mass is 32.2. The second-order valence-corrected chi connectivity index (χ2v) is 7.53. The summed E-state index contributed by atoms with van der Waals surface area (Å²) in [6.07, 6.45) is 0. The summed E-state index contributed by atoms with van der Waals surface area (Å²) in [6, 6.07) is 13.5. The topological polar surface area (TPSA) is 117 Å². The summed E-state index contributed by atoms with van der Waals surface area (Å²) in [6.45, 7) is -0.460. The monoisotopic (exact) mass is 387 g/mol. The second-order valence-electron chi connectivity index (χ2n) is 5.48. The molecule has 1 N–H and O–H groups in total. The Morgan fingerprint density at radius 2 is 1.78 bits per heavy atom. The number of hydrogen-bond acceptors (Lipinski definition) is 6. The molecule has 0 aliphatic heterocycles. The lowest BCUT2D eigenvalue weighted by Gasteiger charge is -2.17. The molecule has 0 saturated carbocycles. The van der Waals surface area contributed by atoms with Gasteiger partial charge >= 0.3 is 5.97 Å². The van der Waals surface area contributed by atoms with Crippen LogP contribution in [-0.4, -0.2) is 45.3 Å². The lowest BCUT2D eigenvalue weighted by Crippen LogP contribution is -2.35. The molecule has 1 amide bonds. The van der Waals surface area contributed by atoms with Gasteiger partial charge in [-0.25, -0.2) is 13.2 Å². The average molecular weight is 387 g/mol. The van der Waals surface area contributed by atoms with Gasteiger partial charge in [0.25, 0.3) is 0 Å². The normalized spacial score (nSPS) is 10.9. The zero-order chi connectivity index (χ0) is 20.0. The smallest absolute Gasteiger partial charge is 0.339 e. The van der Waals surface area contributed by atoms with Crippen LogP contribution in [0.1, 0.15) is 15.9 Å². The van der Waals surface area contributed by atoms with Gasteiger partial charge in [0.15, 0.2) is 0 Å². The van der Waals surface area contributed by atoms with Gasteiger partial charge in [-0.2, -0.15) is 9.57 Å². The molecule has 0 aliphatic rings. The van der Waals surface area contributed by atoms with E-state index in [-0.39, 0.29) is 16.1 Å². The van der Waals surface area contributed by atoms with E-state index in [1.165, 1.54) is 50.6 Å². The number of carbonyl (C=O) groups excluding carboxylic acids is 2. The molecule has 0 bridgehead atoms. The van der Waals surface area contributed by atoms with Crippen molar-refractivity contribution in [3.63, 3.8) is 0 Å². The number of benzene rings is 2. The van der Waals surface area contributed by atoms with E-state index in [1.807, 2.05) is 6.07 Å². The first-order chi connectivity index (χ1) is 12.8. The predicted molar refractivity (Wildman–Crippen MR) is 97.4 cm³/mol. The Morgan fingerprint density at radius 1 is 1.15 bits per heavy atom. The van der Waals surface area contributed by atoms with Gasteiger partial charge in [-0.15, -0.1) is 0 Å². The first kappa shape index (κ1) is 20.1. The van der Waals surface area contributed by atoms with Crippen LogP contribution in [0.5, 0.6) is 0 Å². The van der Waals surface area contributed by atoms with E-state index in [4.69, 9.17) is 5.26 Å². The predicted octanol–water partition coefficient (Wildman–Crippen LogP) is 1.60. The minimum atomic E-state index is -3.91. The molecule has 0 aliphatic carbocycles. The highest BCUT2D eigenvalue weighted by Gasteiger charge is 2.23. The van der Waals surface area contributed by atoms with E-state index in [9.17, 15) is 18.0 Å². The van der Waals surface area contributed by atoms with Crippen molar-refractivity contribution in [1.29, 1.82) is 5.26 Å². The maximum absolute atomic E-state index is 12.5. The van der Waals surface area contributed by atoms with Gasteiger partial charge < -0.3 is 10.1 Å². The van der Waals surface area contributed by atoms with Crippen molar-refractivity contribution in [2.45, 2.75) is 4.90 Å². The van der Waals surface area contributed by atoms with Gasteiger partial charge in [-0.3, -0.25) is 4.79 Å². The Hall–Kier alpha value is -3.22. The lowest BCUT2D eigenvalue weighted by molar-refractivity contribution is -0.116. The number of esters is 1. The van der Waals surface area contributed by atoms with Crippen molar-refractivity contribution in [3.05, 3.63) is 59.7 Å². The molecule has 0 unspecified atom stereocenters. The zero-order valence-corrected chi connectivity index (χ0v) is 15.5. The number of para-hydroxylation sites is 1. The first-order valence-corrected chi connectivity index (χ1v) is 9.17. The molecule has 0 heterocycles. The van der Waals surface area contributed by atoms with Crippen LogP contribution in [-0.2, 0) is 19.6 Å². The van der Waals surface area contributed by atoms with Crippen LogP contribution in [0.15, 0.2) is 53.4 Å². The fourth-order valence-corrected chi connectivity index (χ4v) is 3.37. The Morgan fingerprint density at radius 3 is 2.37 bits per heavy atom. The summed E-state index contributed by atoms with van der Waals surface area (Å²) in [5, 5.41) is 11.3. The second kappa shape index (κ2) is 8.44. The third kappa shape index (κ3) is 4.69. The molecule has 9 heteroatoms. The largest absolute Gasteiger partial charge is 0.465 e. The van der Waals surface area contributed by atoms with Crippen molar-refractivity contribution in [2.24, 2.45) is 0 Å². The number of nitriles is 1. The van der Waals surface area contributed by atoms with Crippen LogP contribution in [0.25, 0.3) is 0 Å². The maximum Gasteiger partial charge on any atom is 0.339 e. The molecule has 140 valence electrons. The van der Waals surface area contributed by atoms with Crippen LogP contribution in [0, 0.1) is 11.3 Å². The number of carbonyl (C=O) groups is 2. The summed E-state index contributed by atoms with van der Waals surface area (Å²) in [7, 11) is -1.43. The van der Waals surface area contributed by atoms with E-state index >= 15 is 0 Å². The number of sulfonamides is 1. The van der Waals surface area contributed by atoms with Crippen LogP contribution >= 0.6 is 0 Å². The lowest BCUT2D eigenvalue weighted by atomic mass is 10.2. The molecule has 0 atom stereocenters. The quantitative estimate of drug-likeness (QED) is 0.753. The van der Waals surface area contributed by atoms with Crippen LogP contribution in [0.2, 0.25) is 0 Å². The number of anilines is 1. The minimum Gasteiger partial charge on any atom is -0.465 e. The Kier molecular flexibility index (Phi) is 6.28. The van der Waals surface area contributed by atoms with Gasteiger partial charge in [-0.05, 0) is 36.4 Å². The summed E-state index contributed by atoms with van der Waals surface area (Å²) >= 11 is 0. The molecule has 0 saturated heterocycles. The standard InChI is InChI=1S/C18H17N3O5S/c1-21(27(24,25)14-9-7-13(11-19)8-10-14)12-17(22)20-16-6-4-3-5-15(16)18(23)26-2/h3-10H,12H2,1-2H3,(H,20,22). The third-order valence-electron chi connectivity index (χ3n) is 3.66. The Labute approximate surface area is 157 Å². The number of amides is 1. The average Bonchev–Trinajstić information content (AvgIpc) is 2.67. The number of nitrogens with zero attached hydrogens (tertiary/aromatic N) is 2. The van der Waals surface area contributed by atoms with Crippen molar-refractivity contribution in [3.8, 4) is 6.07 Å². The highest BCUT2D eigenvalue weighted by molar-refractivity contribution is 7.89. The maximum atomic E-state index is 12.5. The molecular weight excluding hydrogens is 370 g/mol. The third-order valence-corrected chi connectivity index (χ3v) is 5.48. The highest BCUT2D eigenvalue weighted by Crippen LogP contribution is 2.17. The fourth-order valence-electron chi connectivity index (χ4n) is 2.24.